The zero-order valence-electron chi connectivity index (χ0n) is 13.8. The van der Waals surface area contributed by atoms with Crippen molar-refractivity contribution in [3.8, 4) is 5.75 Å². The van der Waals surface area contributed by atoms with E-state index in [0.717, 1.165) is 11.3 Å². The highest BCUT2D eigenvalue weighted by atomic mass is 16.5. The summed E-state index contributed by atoms with van der Waals surface area (Å²) in [6.07, 6.45) is 0. The van der Waals surface area contributed by atoms with Crippen LogP contribution in [0.1, 0.15) is 15.9 Å². The molecule has 0 aliphatic carbocycles. The maximum absolute atomic E-state index is 11.8. The monoisotopic (exact) mass is 327 g/mol. The van der Waals surface area contributed by atoms with Crippen LogP contribution in [0, 0.1) is 0 Å². The highest BCUT2D eigenvalue weighted by molar-refractivity contribution is 5.92. The maximum atomic E-state index is 11.8. The number of amides is 2. The van der Waals surface area contributed by atoms with Gasteiger partial charge in [-0.25, -0.2) is 0 Å². The Labute approximate surface area is 141 Å². The predicted octanol–water partition coefficient (Wildman–Crippen LogP) is 1.55. The molecule has 6 heteroatoms. The first kappa shape index (κ1) is 17.3. The molecule has 2 aromatic rings. The van der Waals surface area contributed by atoms with Gasteiger partial charge in [-0.05, 0) is 42.0 Å². The predicted molar refractivity (Wildman–Crippen MR) is 93.1 cm³/mol. The van der Waals surface area contributed by atoms with Crippen LogP contribution in [0.2, 0.25) is 0 Å². The minimum Gasteiger partial charge on any atom is -0.484 e. The van der Waals surface area contributed by atoms with Crippen molar-refractivity contribution >= 4 is 17.5 Å². The van der Waals surface area contributed by atoms with E-state index in [1.807, 2.05) is 43.3 Å². The molecule has 0 aliphatic heterocycles. The Hall–Kier alpha value is -3.02. The van der Waals surface area contributed by atoms with Crippen molar-refractivity contribution < 1.29 is 14.3 Å². The minimum atomic E-state index is -0.500. The fourth-order valence-corrected chi connectivity index (χ4v) is 2.03. The number of primary amides is 1. The Morgan fingerprint density at radius 1 is 1.04 bits per heavy atom. The summed E-state index contributed by atoms with van der Waals surface area (Å²) in [7, 11) is 3.95. The van der Waals surface area contributed by atoms with E-state index >= 15 is 0 Å². The number of carbonyl (C=O) groups excluding carboxylic acids is 2. The summed E-state index contributed by atoms with van der Waals surface area (Å²) < 4.78 is 5.37. The van der Waals surface area contributed by atoms with Crippen LogP contribution in [-0.2, 0) is 11.3 Å². The van der Waals surface area contributed by atoms with Crippen LogP contribution in [0.5, 0.6) is 5.75 Å². The molecule has 2 amide bonds. The lowest BCUT2D eigenvalue weighted by atomic mass is 10.2. The van der Waals surface area contributed by atoms with Crippen LogP contribution in [-0.4, -0.2) is 32.5 Å². The molecule has 0 saturated heterocycles. The number of carbonyl (C=O) groups is 2. The topological polar surface area (TPSA) is 84.7 Å². The number of nitrogens with one attached hydrogen (secondary N) is 1. The first-order valence-electron chi connectivity index (χ1n) is 7.51. The first-order chi connectivity index (χ1) is 11.5. The summed E-state index contributed by atoms with van der Waals surface area (Å²) in [4.78, 5) is 24.8. The van der Waals surface area contributed by atoms with Crippen molar-refractivity contribution in [1.82, 2.24) is 5.32 Å². The summed E-state index contributed by atoms with van der Waals surface area (Å²) in [6, 6.07) is 14.3. The molecule has 0 heterocycles. The second-order valence-corrected chi connectivity index (χ2v) is 5.51. The van der Waals surface area contributed by atoms with Gasteiger partial charge in [0.25, 0.3) is 5.91 Å². The summed E-state index contributed by atoms with van der Waals surface area (Å²) in [5.41, 5.74) is 7.67. The highest BCUT2D eigenvalue weighted by Gasteiger charge is 2.05. The third-order valence-corrected chi connectivity index (χ3v) is 3.45. The lowest BCUT2D eigenvalue weighted by Gasteiger charge is -2.13. The molecule has 0 bridgehead atoms. The van der Waals surface area contributed by atoms with Crippen molar-refractivity contribution in [2.24, 2.45) is 5.73 Å². The van der Waals surface area contributed by atoms with Crippen LogP contribution >= 0.6 is 0 Å². The SMILES string of the molecule is CN(C)c1ccc(CNC(=O)COc2ccc(C(N)=O)cc2)cc1. The molecule has 0 unspecified atom stereocenters. The Balaban J connectivity index is 1.77. The molecule has 2 aromatic carbocycles. The third-order valence-electron chi connectivity index (χ3n) is 3.45. The fraction of sp³-hybridized carbons (Fsp3) is 0.222. The van der Waals surface area contributed by atoms with Gasteiger partial charge in [-0.2, -0.15) is 0 Å². The van der Waals surface area contributed by atoms with Crippen LogP contribution < -0.4 is 20.7 Å². The molecule has 0 fully saturated rings. The summed E-state index contributed by atoms with van der Waals surface area (Å²) >= 11 is 0. The van der Waals surface area contributed by atoms with Crippen molar-refractivity contribution in [2.75, 3.05) is 25.6 Å². The van der Waals surface area contributed by atoms with Gasteiger partial charge >= 0.3 is 0 Å². The summed E-state index contributed by atoms with van der Waals surface area (Å²) in [5.74, 6) is -0.212. The van der Waals surface area contributed by atoms with Crippen LogP contribution in [0.25, 0.3) is 0 Å². The summed E-state index contributed by atoms with van der Waals surface area (Å²) in [6.45, 7) is 0.349. The molecular weight excluding hydrogens is 306 g/mol. The molecule has 0 saturated carbocycles. The Morgan fingerprint density at radius 2 is 1.67 bits per heavy atom. The van der Waals surface area contributed by atoms with E-state index in [0.29, 0.717) is 17.9 Å². The lowest BCUT2D eigenvalue weighted by Crippen LogP contribution is -2.28. The second kappa shape index (κ2) is 8.01. The molecule has 126 valence electrons. The van der Waals surface area contributed by atoms with Crippen LogP contribution in [0.4, 0.5) is 5.69 Å². The molecule has 2 rings (SSSR count). The molecule has 24 heavy (non-hydrogen) atoms. The normalized spacial score (nSPS) is 10.1. The first-order valence-corrected chi connectivity index (χ1v) is 7.51. The summed E-state index contributed by atoms with van der Waals surface area (Å²) in [5, 5.41) is 2.80. The molecule has 0 spiro atoms. The number of nitrogens with zero attached hydrogens (tertiary/aromatic N) is 1. The van der Waals surface area contributed by atoms with E-state index in [-0.39, 0.29) is 12.5 Å². The zero-order chi connectivity index (χ0) is 17.5. The van der Waals surface area contributed by atoms with Crippen molar-refractivity contribution in [3.63, 3.8) is 0 Å². The standard InChI is InChI=1S/C18H21N3O3/c1-21(2)15-7-3-13(4-8-15)11-20-17(22)12-24-16-9-5-14(6-10-16)18(19)23/h3-10H,11-12H2,1-2H3,(H2,19,23)(H,20,22). The van der Waals surface area contributed by atoms with Crippen LogP contribution in [0.15, 0.2) is 48.5 Å². The largest absolute Gasteiger partial charge is 0.484 e. The quantitative estimate of drug-likeness (QED) is 0.808. The van der Waals surface area contributed by atoms with E-state index in [9.17, 15) is 9.59 Å². The van der Waals surface area contributed by atoms with Crippen molar-refractivity contribution in [3.05, 3.63) is 59.7 Å². The van der Waals surface area contributed by atoms with E-state index in [2.05, 4.69) is 5.32 Å². The fourth-order valence-electron chi connectivity index (χ4n) is 2.03. The van der Waals surface area contributed by atoms with E-state index in [1.54, 1.807) is 24.3 Å². The van der Waals surface area contributed by atoms with Gasteiger partial charge in [-0.3, -0.25) is 9.59 Å². The number of hydrogen-bond donors (Lipinski definition) is 2. The molecule has 0 radical (unpaired) electrons. The van der Waals surface area contributed by atoms with Gasteiger partial charge in [-0.15, -0.1) is 0 Å². The average molecular weight is 327 g/mol. The number of ether oxygens (including phenoxy) is 1. The van der Waals surface area contributed by atoms with Gasteiger partial charge in [0.05, 0.1) is 0 Å². The zero-order valence-corrected chi connectivity index (χ0v) is 13.8. The van der Waals surface area contributed by atoms with Gasteiger partial charge in [0.15, 0.2) is 6.61 Å². The maximum Gasteiger partial charge on any atom is 0.258 e. The van der Waals surface area contributed by atoms with Crippen molar-refractivity contribution in [2.45, 2.75) is 6.54 Å². The lowest BCUT2D eigenvalue weighted by molar-refractivity contribution is -0.123. The molecule has 3 N–H and O–H groups in total. The Morgan fingerprint density at radius 3 is 2.21 bits per heavy atom. The molecular formula is C18H21N3O3. The second-order valence-electron chi connectivity index (χ2n) is 5.51. The number of anilines is 1. The molecule has 0 atom stereocenters. The van der Waals surface area contributed by atoms with E-state index in [1.165, 1.54) is 0 Å². The average Bonchev–Trinajstić information content (AvgIpc) is 2.58. The highest BCUT2D eigenvalue weighted by Crippen LogP contribution is 2.13. The van der Waals surface area contributed by atoms with Gasteiger partial charge in [0.2, 0.25) is 5.91 Å². The van der Waals surface area contributed by atoms with Crippen molar-refractivity contribution in [1.29, 1.82) is 0 Å². The number of nitrogens with two attached hydrogens (primary N) is 1. The number of benzene rings is 2. The van der Waals surface area contributed by atoms with Gasteiger partial charge in [0, 0.05) is 31.9 Å². The smallest absolute Gasteiger partial charge is 0.258 e. The minimum absolute atomic E-state index is 0.0916. The van der Waals surface area contributed by atoms with E-state index in [4.69, 9.17) is 10.5 Å². The van der Waals surface area contributed by atoms with Gasteiger partial charge < -0.3 is 20.7 Å². The van der Waals surface area contributed by atoms with Crippen LogP contribution in [0.3, 0.4) is 0 Å². The number of hydrogen-bond acceptors (Lipinski definition) is 4. The molecule has 0 aliphatic rings. The van der Waals surface area contributed by atoms with Gasteiger partial charge in [-0.1, -0.05) is 12.1 Å². The molecule has 6 nitrogen and oxygen atoms in total. The Kier molecular flexibility index (Phi) is 5.78. The number of rotatable bonds is 7. The van der Waals surface area contributed by atoms with E-state index < -0.39 is 5.91 Å². The molecule has 0 aromatic heterocycles. The third kappa shape index (κ3) is 5.01. The van der Waals surface area contributed by atoms with Gasteiger partial charge in [0.1, 0.15) is 5.75 Å². The Bertz CT molecular complexity index is 694.